The van der Waals surface area contributed by atoms with Crippen LogP contribution in [0.3, 0.4) is 0 Å². The summed E-state index contributed by atoms with van der Waals surface area (Å²) < 4.78 is 14.4. The quantitative estimate of drug-likeness (QED) is 0.915. The highest BCUT2D eigenvalue weighted by molar-refractivity contribution is 5.93. The molecule has 0 aliphatic rings. The van der Waals surface area contributed by atoms with E-state index in [1.54, 1.807) is 25.3 Å². The molecular weight excluding hydrogens is 289 g/mol. The van der Waals surface area contributed by atoms with Crippen LogP contribution in [0, 0.1) is 12.7 Å². The molecular formula is C15H16FN3O3. The van der Waals surface area contributed by atoms with E-state index in [0.29, 0.717) is 11.3 Å². The Morgan fingerprint density at radius 1 is 1.32 bits per heavy atom. The first kappa shape index (κ1) is 15.7. The van der Waals surface area contributed by atoms with E-state index in [1.165, 1.54) is 28.8 Å². The van der Waals surface area contributed by atoms with Gasteiger partial charge in [0.25, 0.3) is 5.91 Å². The maximum atomic E-state index is 12.9. The van der Waals surface area contributed by atoms with Crippen LogP contribution < -0.4 is 0 Å². The fourth-order valence-corrected chi connectivity index (χ4v) is 1.94. The number of amides is 1. The molecule has 6 nitrogen and oxygen atoms in total. The number of benzene rings is 1. The van der Waals surface area contributed by atoms with Crippen molar-refractivity contribution < 1.29 is 19.1 Å². The summed E-state index contributed by atoms with van der Waals surface area (Å²) in [7, 11) is 1.53. The third-order valence-electron chi connectivity index (χ3n) is 3.20. The first-order chi connectivity index (χ1) is 10.4. The molecule has 0 atom stereocenters. The van der Waals surface area contributed by atoms with Gasteiger partial charge in [-0.15, -0.1) is 0 Å². The summed E-state index contributed by atoms with van der Waals surface area (Å²) in [5.41, 5.74) is 1.55. The average molecular weight is 305 g/mol. The van der Waals surface area contributed by atoms with Gasteiger partial charge < -0.3 is 10.0 Å². The molecule has 1 heterocycles. The average Bonchev–Trinajstić information content (AvgIpc) is 2.86. The molecule has 2 aromatic rings. The Morgan fingerprint density at radius 2 is 1.95 bits per heavy atom. The highest BCUT2D eigenvalue weighted by atomic mass is 19.1. The number of hydrogen-bond acceptors (Lipinski definition) is 3. The lowest BCUT2D eigenvalue weighted by Crippen LogP contribution is -2.29. The van der Waals surface area contributed by atoms with Gasteiger partial charge in [0.1, 0.15) is 5.82 Å². The molecule has 1 N–H and O–H groups in total. The number of halogens is 1. The van der Waals surface area contributed by atoms with Crippen molar-refractivity contribution in [3.63, 3.8) is 0 Å². The number of hydrogen-bond donors (Lipinski definition) is 1. The predicted molar refractivity (Wildman–Crippen MR) is 77.5 cm³/mol. The lowest BCUT2D eigenvalue weighted by atomic mass is 10.2. The normalized spacial score (nSPS) is 10.5. The third-order valence-corrected chi connectivity index (χ3v) is 3.20. The molecule has 1 aromatic carbocycles. The van der Waals surface area contributed by atoms with Crippen molar-refractivity contribution in [2.24, 2.45) is 0 Å². The molecule has 0 radical (unpaired) electrons. The summed E-state index contributed by atoms with van der Waals surface area (Å²) >= 11 is 0. The number of carbonyl (C=O) groups excluding carboxylic acids is 1. The van der Waals surface area contributed by atoms with E-state index < -0.39 is 5.97 Å². The van der Waals surface area contributed by atoms with E-state index in [1.807, 2.05) is 0 Å². The number of aliphatic carboxylic acids is 1. The number of carboxylic acid groups (broad SMARTS) is 1. The van der Waals surface area contributed by atoms with Crippen LogP contribution in [0.4, 0.5) is 4.39 Å². The molecule has 0 bridgehead atoms. The van der Waals surface area contributed by atoms with Gasteiger partial charge >= 0.3 is 5.97 Å². The van der Waals surface area contributed by atoms with Crippen LogP contribution in [-0.2, 0) is 4.79 Å². The Hall–Kier alpha value is -2.70. The molecule has 0 saturated carbocycles. The zero-order chi connectivity index (χ0) is 16.3. The van der Waals surface area contributed by atoms with Gasteiger partial charge in [-0.3, -0.25) is 9.59 Å². The van der Waals surface area contributed by atoms with E-state index in [-0.39, 0.29) is 30.4 Å². The van der Waals surface area contributed by atoms with Gasteiger partial charge in [-0.1, -0.05) is 0 Å². The molecule has 0 fully saturated rings. The monoisotopic (exact) mass is 305 g/mol. The number of rotatable bonds is 5. The number of carbonyl (C=O) groups is 2. The van der Waals surface area contributed by atoms with Crippen molar-refractivity contribution in [2.45, 2.75) is 13.3 Å². The minimum atomic E-state index is -0.965. The molecule has 22 heavy (non-hydrogen) atoms. The van der Waals surface area contributed by atoms with Crippen LogP contribution >= 0.6 is 0 Å². The lowest BCUT2D eigenvalue weighted by molar-refractivity contribution is -0.137. The number of aryl methyl sites for hydroxylation is 1. The van der Waals surface area contributed by atoms with E-state index in [0.717, 1.165) is 0 Å². The molecule has 7 heteroatoms. The van der Waals surface area contributed by atoms with Crippen LogP contribution in [0.2, 0.25) is 0 Å². The minimum absolute atomic E-state index is 0.108. The van der Waals surface area contributed by atoms with Crippen LogP contribution in [0.5, 0.6) is 0 Å². The Bertz CT molecular complexity index is 695. The van der Waals surface area contributed by atoms with E-state index in [9.17, 15) is 14.0 Å². The highest BCUT2D eigenvalue weighted by Crippen LogP contribution is 2.14. The topological polar surface area (TPSA) is 75.4 Å². The Kier molecular flexibility index (Phi) is 4.55. The second-order valence-electron chi connectivity index (χ2n) is 4.95. The molecule has 0 aliphatic carbocycles. The fourth-order valence-electron chi connectivity index (χ4n) is 1.94. The van der Waals surface area contributed by atoms with Crippen molar-refractivity contribution in [1.29, 1.82) is 0 Å². The lowest BCUT2D eigenvalue weighted by Gasteiger charge is -2.14. The Morgan fingerprint density at radius 3 is 2.55 bits per heavy atom. The van der Waals surface area contributed by atoms with E-state index >= 15 is 0 Å². The van der Waals surface area contributed by atoms with Gasteiger partial charge in [0.05, 0.1) is 12.1 Å². The van der Waals surface area contributed by atoms with Crippen LogP contribution in [0.25, 0.3) is 5.69 Å². The van der Waals surface area contributed by atoms with Gasteiger partial charge in [-0.05, 0) is 31.2 Å². The van der Waals surface area contributed by atoms with E-state index in [2.05, 4.69) is 5.10 Å². The van der Waals surface area contributed by atoms with Crippen molar-refractivity contribution in [3.05, 3.63) is 47.5 Å². The first-order valence-corrected chi connectivity index (χ1v) is 6.68. The van der Waals surface area contributed by atoms with Crippen molar-refractivity contribution in [1.82, 2.24) is 14.7 Å². The van der Waals surface area contributed by atoms with E-state index in [4.69, 9.17) is 5.11 Å². The molecule has 1 aromatic heterocycles. The maximum Gasteiger partial charge on any atom is 0.305 e. The molecule has 0 unspecified atom stereocenters. The summed E-state index contributed by atoms with van der Waals surface area (Å²) in [6, 6.07) is 5.74. The van der Waals surface area contributed by atoms with Crippen molar-refractivity contribution in [2.75, 3.05) is 13.6 Å². The summed E-state index contributed by atoms with van der Waals surface area (Å²) in [4.78, 5) is 24.1. The zero-order valence-electron chi connectivity index (χ0n) is 12.3. The summed E-state index contributed by atoms with van der Waals surface area (Å²) in [5, 5.41) is 12.9. The second-order valence-corrected chi connectivity index (χ2v) is 4.95. The van der Waals surface area contributed by atoms with Gasteiger partial charge in [-0.2, -0.15) is 5.10 Å². The maximum absolute atomic E-state index is 12.9. The molecule has 1 amide bonds. The summed E-state index contributed by atoms with van der Waals surface area (Å²) in [5.74, 6) is -1.66. The van der Waals surface area contributed by atoms with Crippen LogP contribution in [0.15, 0.2) is 30.5 Å². The molecule has 0 spiro atoms. The molecule has 0 aliphatic heterocycles. The Labute approximate surface area is 126 Å². The molecule has 116 valence electrons. The minimum Gasteiger partial charge on any atom is -0.481 e. The second kappa shape index (κ2) is 6.38. The SMILES string of the molecule is Cc1cn(-c2ccc(F)cc2)nc1C(=O)N(C)CCC(=O)O. The third kappa shape index (κ3) is 3.49. The smallest absolute Gasteiger partial charge is 0.305 e. The fraction of sp³-hybridized carbons (Fsp3) is 0.267. The van der Waals surface area contributed by atoms with Crippen molar-refractivity contribution in [3.8, 4) is 5.69 Å². The van der Waals surface area contributed by atoms with Gasteiger partial charge in [-0.25, -0.2) is 9.07 Å². The summed E-state index contributed by atoms with van der Waals surface area (Å²) in [6.45, 7) is 1.85. The molecule has 2 rings (SSSR count). The standard InChI is InChI=1S/C15H16FN3O3/c1-10-9-19(12-5-3-11(16)4-6-12)17-14(10)15(22)18(2)8-7-13(20)21/h3-6,9H,7-8H2,1-2H3,(H,20,21). The van der Waals surface area contributed by atoms with Crippen LogP contribution in [0.1, 0.15) is 22.5 Å². The van der Waals surface area contributed by atoms with Crippen molar-refractivity contribution >= 4 is 11.9 Å². The first-order valence-electron chi connectivity index (χ1n) is 6.68. The van der Waals surface area contributed by atoms with Crippen LogP contribution in [-0.4, -0.2) is 45.3 Å². The number of nitrogens with zero attached hydrogens (tertiary/aromatic N) is 3. The zero-order valence-corrected chi connectivity index (χ0v) is 12.3. The van der Waals surface area contributed by atoms with Gasteiger partial charge in [0.15, 0.2) is 5.69 Å². The van der Waals surface area contributed by atoms with Gasteiger partial charge in [0, 0.05) is 25.4 Å². The number of carboxylic acids is 1. The predicted octanol–water partition coefficient (Wildman–Crippen LogP) is 1.87. The van der Waals surface area contributed by atoms with Gasteiger partial charge in [0.2, 0.25) is 0 Å². The number of aromatic nitrogens is 2. The highest BCUT2D eigenvalue weighted by Gasteiger charge is 2.19. The summed E-state index contributed by atoms with van der Waals surface area (Å²) in [6.07, 6.45) is 1.55. The Balaban J connectivity index is 2.20. The largest absolute Gasteiger partial charge is 0.481 e. The molecule has 0 saturated heterocycles.